The lowest BCUT2D eigenvalue weighted by atomic mass is 9.83. The Morgan fingerprint density at radius 3 is 2.85 bits per heavy atom. The zero-order chi connectivity index (χ0) is 13.5. The largest absolute Gasteiger partial charge is 0.383 e. The summed E-state index contributed by atoms with van der Waals surface area (Å²) in [5.41, 5.74) is 11.4. The molecule has 2 aliphatic rings. The minimum atomic E-state index is 0.420. The molecule has 2 aromatic rings. The van der Waals surface area contributed by atoms with Gasteiger partial charge in [-0.1, -0.05) is 24.3 Å². The molecule has 0 radical (unpaired) electrons. The molecule has 0 bridgehead atoms. The summed E-state index contributed by atoms with van der Waals surface area (Å²) in [4.78, 5) is 9.39. The molecule has 1 aromatic carbocycles. The first-order valence-electron chi connectivity index (χ1n) is 7.11. The first-order valence-corrected chi connectivity index (χ1v) is 8.26. The molecule has 2 heterocycles. The standard InChI is InChI=1S/C16H17N3S/c17-15-13-8-20-9-14(13)18-16(19-15)12-6-5-10-3-1-2-4-11(10)7-12/h1-4,12H,5-9H2,(H2,17,18,19). The van der Waals surface area contributed by atoms with Crippen LogP contribution in [0.25, 0.3) is 0 Å². The maximum absolute atomic E-state index is 6.11. The average molecular weight is 283 g/mol. The lowest BCUT2D eigenvalue weighted by Gasteiger charge is -2.24. The molecule has 4 rings (SSSR count). The van der Waals surface area contributed by atoms with Gasteiger partial charge in [0.2, 0.25) is 0 Å². The van der Waals surface area contributed by atoms with Gasteiger partial charge < -0.3 is 5.73 Å². The van der Waals surface area contributed by atoms with E-state index in [1.165, 1.54) is 11.1 Å². The number of thioether (sulfide) groups is 1. The fourth-order valence-electron chi connectivity index (χ4n) is 3.20. The topological polar surface area (TPSA) is 51.8 Å². The molecular formula is C16H17N3S. The lowest BCUT2D eigenvalue weighted by molar-refractivity contribution is 0.553. The summed E-state index contributed by atoms with van der Waals surface area (Å²) in [5, 5.41) is 0. The minimum absolute atomic E-state index is 0.420. The van der Waals surface area contributed by atoms with Crippen molar-refractivity contribution in [1.82, 2.24) is 9.97 Å². The van der Waals surface area contributed by atoms with Crippen LogP contribution in [0.5, 0.6) is 0 Å². The highest BCUT2D eigenvalue weighted by Gasteiger charge is 2.25. The Morgan fingerprint density at radius 2 is 1.95 bits per heavy atom. The molecule has 1 atom stereocenters. The summed E-state index contributed by atoms with van der Waals surface area (Å²) in [6, 6.07) is 8.71. The molecule has 20 heavy (non-hydrogen) atoms. The first kappa shape index (κ1) is 12.2. The summed E-state index contributed by atoms with van der Waals surface area (Å²) in [5.74, 6) is 4.03. The molecule has 0 amide bonds. The molecule has 0 saturated heterocycles. The van der Waals surface area contributed by atoms with Gasteiger partial charge in [-0.2, -0.15) is 11.8 Å². The van der Waals surface area contributed by atoms with Gasteiger partial charge in [-0.3, -0.25) is 0 Å². The molecule has 102 valence electrons. The zero-order valence-electron chi connectivity index (χ0n) is 11.3. The zero-order valence-corrected chi connectivity index (χ0v) is 12.1. The Balaban J connectivity index is 1.68. The summed E-state index contributed by atoms with van der Waals surface area (Å²) >= 11 is 1.88. The molecule has 1 aromatic heterocycles. The van der Waals surface area contributed by atoms with Gasteiger partial charge in [-0.05, 0) is 30.4 Å². The number of nitrogen functional groups attached to an aromatic ring is 1. The van der Waals surface area contributed by atoms with Crippen molar-refractivity contribution in [3.05, 3.63) is 52.5 Å². The van der Waals surface area contributed by atoms with E-state index in [4.69, 9.17) is 10.7 Å². The summed E-state index contributed by atoms with van der Waals surface area (Å²) in [7, 11) is 0. The van der Waals surface area contributed by atoms with Crippen LogP contribution >= 0.6 is 11.8 Å². The van der Waals surface area contributed by atoms with Gasteiger partial charge in [0.05, 0.1) is 5.69 Å². The van der Waals surface area contributed by atoms with Crippen LogP contribution in [0.3, 0.4) is 0 Å². The van der Waals surface area contributed by atoms with Gasteiger partial charge in [-0.15, -0.1) is 0 Å². The smallest absolute Gasteiger partial charge is 0.134 e. The van der Waals surface area contributed by atoms with E-state index in [-0.39, 0.29) is 0 Å². The number of hydrogen-bond acceptors (Lipinski definition) is 4. The normalized spacial score (nSPS) is 20.5. The highest BCUT2D eigenvalue weighted by molar-refractivity contribution is 7.98. The van der Waals surface area contributed by atoms with E-state index in [1.54, 1.807) is 0 Å². The molecule has 1 unspecified atom stereocenters. The van der Waals surface area contributed by atoms with Crippen LogP contribution in [-0.4, -0.2) is 9.97 Å². The van der Waals surface area contributed by atoms with Crippen LogP contribution < -0.4 is 5.73 Å². The van der Waals surface area contributed by atoms with Crippen molar-refractivity contribution in [3.63, 3.8) is 0 Å². The van der Waals surface area contributed by atoms with Crippen molar-refractivity contribution in [2.45, 2.75) is 36.7 Å². The SMILES string of the molecule is Nc1nc(C2CCc3ccccc3C2)nc2c1CSC2. The van der Waals surface area contributed by atoms with Crippen molar-refractivity contribution in [2.75, 3.05) is 5.73 Å². The van der Waals surface area contributed by atoms with Crippen LogP contribution in [0.15, 0.2) is 24.3 Å². The molecule has 3 nitrogen and oxygen atoms in total. The van der Waals surface area contributed by atoms with Crippen molar-refractivity contribution in [1.29, 1.82) is 0 Å². The van der Waals surface area contributed by atoms with E-state index in [0.717, 1.165) is 47.8 Å². The van der Waals surface area contributed by atoms with Crippen molar-refractivity contribution in [3.8, 4) is 0 Å². The van der Waals surface area contributed by atoms with Gasteiger partial charge >= 0.3 is 0 Å². The highest BCUT2D eigenvalue weighted by atomic mass is 32.2. The van der Waals surface area contributed by atoms with Crippen LogP contribution in [-0.2, 0) is 24.3 Å². The van der Waals surface area contributed by atoms with E-state index < -0.39 is 0 Å². The van der Waals surface area contributed by atoms with Gasteiger partial charge in [0, 0.05) is 23.0 Å². The van der Waals surface area contributed by atoms with Crippen LogP contribution in [0.4, 0.5) is 5.82 Å². The second-order valence-electron chi connectivity index (χ2n) is 5.59. The number of aromatic nitrogens is 2. The number of benzene rings is 1. The Morgan fingerprint density at radius 1 is 1.10 bits per heavy atom. The predicted molar refractivity (Wildman–Crippen MR) is 82.7 cm³/mol. The number of nitrogens with two attached hydrogens (primary N) is 1. The molecule has 0 fully saturated rings. The Kier molecular flexibility index (Phi) is 2.91. The summed E-state index contributed by atoms with van der Waals surface area (Å²) in [6.07, 6.45) is 3.29. The summed E-state index contributed by atoms with van der Waals surface area (Å²) < 4.78 is 0. The van der Waals surface area contributed by atoms with Crippen LogP contribution in [0.1, 0.15) is 40.5 Å². The quantitative estimate of drug-likeness (QED) is 0.874. The molecule has 1 aliphatic heterocycles. The number of rotatable bonds is 1. The lowest BCUT2D eigenvalue weighted by Crippen LogP contribution is -2.17. The predicted octanol–water partition coefficient (Wildman–Crippen LogP) is 3.08. The third-order valence-electron chi connectivity index (χ3n) is 4.34. The van der Waals surface area contributed by atoms with E-state index in [1.807, 2.05) is 11.8 Å². The molecule has 4 heteroatoms. The Hall–Kier alpha value is -1.55. The maximum atomic E-state index is 6.11. The minimum Gasteiger partial charge on any atom is -0.383 e. The number of fused-ring (bicyclic) bond motifs is 2. The van der Waals surface area contributed by atoms with Crippen LogP contribution in [0, 0.1) is 0 Å². The first-order chi connectivity index (χ1) is 9.81. The van der Waals surface area contributed by atoms with Crippen molar-refractivity contribution < 1.29 is 0 Å². The second-order valence-corrected chi connectivity index (χ2v) is 6.58. The van der Waals surface area contributed by atoms with Gasteiger partial charge in [0.15, 0.2) is 0 Å². The average Bonchev–Trinajstić information content (AvgIpc) is 2.96. The molecule has 2 N–H and O–H groups in total. The molecule has 0 saturated carbocycles. The molecule has 0 spiro atoms. The van der Waals surface area contributed by atoms with Crippen LogP contribution in [0.2, 0.25) is 0 Å². The number of hydrogen-bond donors (Lipinski definition) is 1. The molecular weight excluding hydrogens is 266 g/mol. The molecule has 1 aliphatic carbocycles. The van der Waals surface area contributed by atoms with E-state index in [9.17, 15) is 0 Å². The number of aryl methyl sites for hydroxylation is 1. The second kappa shape index (κ2) is 4.77. The third kappa shape index (κ3) is 1.99. The maximum Gasteiger partial charge on any atom is 0.134 e. The Labute approximate surface area is 123 Å². The third-order valence-corrected chi connectivity index (χ3v) is 5.31. The van der Waals surface area contributed by atoms with Gasteiger partial charge in [-0.25, -0.2) is 9.97 Å². The van der Waals surface area contributed by atoms with E-state index >= 15 is 0 Å². The fourth-order valence-corrected chi connectivity index (χ4v) is 4.25. The van der Waals surface area contributed by atoms with Gasteiger partial charge in [0.1, 0.15) is 11.6 Å². The number of anilines is 1. The fraction of sp³-hybridized carbons (Fsp3) is 0.375. The number of nitrogens with zero attached hydrogens (tertiary/aromatic N) is 2. The van der Waals surface area contributed by atoms with E-state index in [0.29, 0.717) is 11.7 Å². The van der Waals surface area contributed by atoms with Gasteiger partial charge in [0.25, 0.3) is 0 Å². The van der Waals surface area contributed by atoms with Crippen molar-refractivity contribution in [2.24, 2.45) is 0 Å². The summed E-state index contributed by atoms with van der Waals surface area (Å²) in [6.45, 7) is 0. The monoisotopic (exact) mass is 283 g/mol. The Bertz CT molecular complexity index is 669. The van der Waals surface area contributed by atoms with E-state index in [2.05, 4.69) is 29.2 Å². The highest BCUT2D eigenvalue weighted by Crippen LogP contribution is 2.35. The van der Waals surface area contributed by atoms with Crippen molar-refractivity contribution >= 4 is 17.6 Å².